The number of hydrogen-bond donors (Lipinski definition) is 1. The van der Waals surface area contributed by atoms with E-state index in [1.165, 1.54) is 6.20 Å². The van der Waals surface area contributed by atoms with E-state index in [2.05, 4.69) is 15.1 Å². The van der Waals surface area contributed by atoms with Crippen LogP contribution in [0.15, 0.2) is 17.4 Å². The van der Waals surface area contributed by atoms with Gasteiger partial charge in [-0.05, 0) is 24.6 Å². The monoisotopic (exact) mass is 171 g/mol. The van der Waals surface area contributed by atoms with Crippen molar-refractivity contribution >= 4 is 17.3 Å². The third-order valence-electron chi connectivity index (χ3n) is 1.15. The molecule has 1 heterocycles. The van der Waals surface area contributed by atoms with Crippen molar-refractivity contribution in [3.05, 3.63) is 23.2 Å². The second kappa shape index (κ2) is 3.30. The van der Waals surface area contributed by atoms with Crippen molar-refractivity contribution in [3.63, 3.8) is 0 Å². The van der Waals surface area contributed by atoms with Gasteiger partial charge in [-0.25, -0.2) is 9.97 Å². The van der Waals surface area contributed by atoms with E-state index in [1.54, 1.807) is 13.0 Å². The van der Waals surface area contributed by atoms with Gasteiger partial charge in [0.1, 0.15) is 5.71 Å². The molecule has 5 heteroatoms. The molecule has 1 aromatic heterocycles. The van der Waals surface area contributed by atoms with Crippen molar-refractivity contribution < 1.29 is 5.21 Å². The van der Waals surface area contributed by atoms with Gasteiger partial charge in [0.05, 0.1) is 5.69 Å². The molecule has 1 aromatic rings. The van der Waals surface area contributed by atoms with Gasteiger partial charge in [-0.15, -0.1) is 0 Å². The molecular formula is C6H6ClN3O. The number of hydrogen-bond acceptors (Lipinski definition) is 4. The minimum atomic E-state index is 0.144. The van der Waals surface area contributed by atoms with Crippen LogP contribution in [-0.2, 0) is 0 Å². The van der Waals surface area contributed by atoms with E-state index in [0.717, 1.165) is 0 Å². The highest BCUT2D eigenvalue weighted by atomic mass is 35.5. The predicted molar refractivity (Wildman–Crippen MR) is 41.0 cm³/mol. The van der Waals surface area contributed by atoms with Gasteiger partial charge in [-0.3, -0.25) is 0 Å². The van der Waals surface area contributed by atoms with Crippen LogP contribution in [0.5, 0.6) is 0 Å². The highest BCUT2D eigenvalue weighted by molar-refractivity contribution is 6.28. The molecule has 0 radical (unpaired) electrons. The summed E-state index contributed by atoms with van der Waals surface area (Å²) in [5.74, 6) is 0. The van der Waals surface area contributed by atoms with Gasteiger partial charge in [-0.2, -0.15) is 0 Å². The number of oxime groups is 1. The Labute approximate surface area is 68.5 Å². The van der Waals surface area contributed by atoms with Crippen molar-refractivity contribution in [3.8, 4) is 0 Å². The lowest BCUT2D eigenvalue weighted by atomic mass is 10.3. The highest BCUT2D eigenvalue weighted by Crippen LogP contribution is 2.01. The summed E-state index contributed by atoms with van der Waals surface area (Å²) in [6.45, 7) is 1.62. The van der Waals surface area contributed by atoms with Crippen LogP contribution in [0.25, 0.3) is 0 Å². The molecule has 4 nitrogen and oxygen atoms in total. The zero-order chi connectivity index (χ0) is 8.27. The largest absolute Gasteiger partial charge is 0.411 e. The summed E-state index contributed by atoms with van der Waals surface area (Å²) in [5, 5.41) is 11.5. The third kappa shape index (κ3) is 1.88. The molecule has 0 fully saturated rings. The molecule has 0 spiro atoms. The molecular weight excluding hydrogens is 166 g/mol. The SMILES string of the molecule is CC(=NO)c1ccnc(Cl)n1. The van der Waals surface area contributed by atoms with Crippen LogP contribution in [0.3, 0.4) is 0 Å². The topological polar surface area (TPSA) is 58.4 Å². The molecule has 0 atom stereocenters. The number of halogens is 1. The Morgan fingerprint density at radius 3 is 3.00 bits per heavy atom. The molecule has 1 N–H and O–H groups in total. The maximum Gasteiger partial charge on any atom is 0.222 e. The molecule has 0 aliphatic carbocycles. The molecule has 0 unspecified atom stereocenters. The van der Waals surface area contributed by atoms with E-state index in [-0.39, 0.29) is 5.28 Å². The molecule has 58 valence electrons. The fourth-order valence-electron chi connectivity index (χ4n) is 0.588. The van der Waals surface area contributed by atoms with E-state index < -0.39 is 0 Å². The van der Waals surface area contributed by atoms with Gasteiger partial charge in [0.15, 0.2) is 0 Å². The third-order valence-corrected chi connectivity index (χ3v) is 1.33. The number of aromatic nitrogens is 2. The first-order valence-electron chi connectivity index (χ1n) is 2.91. The Hall–Kier alpha value is -1.16. The van der Waals surface area contributed by atoms with Crippen LogP contribution in [0.1, 0.15) is 12.6 Å². The highest BCUT2D eigenvalue weighted by Gasteiger charge is 1.99. The fraction of sp³-hybridized carbons (Fsp3) is 0.167. The number of nitrogens with zero attached hydrogens (tertiary/aromatic N) is 3. The maximum absolute atomic E-state index is 8.36. The molecule has 0 bridgehead atoms. The molecule has 0 saturated heterocycles. The van der Waals surface area contributed by atoms with E-state index in [1.807, 2.05) is 0 Å². The van der Waals surface area contributed by atoms with Crippen molar-refractivity contribution in [2.45, 2.75) is 6.92 Å². The lowest BCUT2D eigenvalue weighted by molar-refractivity contribution is 0.319. The van der Waals surface area contributed by atoms with Gasteiger partial charge in [-0.1, -0.05) is 5.16 Å². The van der Waals surface area contributed by atoms with Crippen LogP contribution in [-0.4, -0.2) is 20.9 Å². The summed E-state index contributed by atoms with van der Waals surface area (Å²) in [7, 11) is 0. The van der Waals surface area contributed by atoms with E-state index >= 15 is 0 Å². The normalized spacial score (nSPS) is 11.6. The smallest absolute Gasteiger partial charge is 0.222 e. The van der Waals surface area contributed by atoms with Crippen molar-refractivity contribution in [2.24, 2.45) is 5.16 Å². The van der Waals surface area contributed by atoms with Gasteiger partial charge < -0.3 is 5.21 Å². The summed E-state index contributed by atoms with van der Waals surface area (Å²) in [6.07, 6.45) is 1.50. The molecule has 0 aliphatic rings. The van der Waals surface area contributed by atoms with Crippen molar-refractivity contribution in [1.82, 2.24) is 9.97 Å². The molecule has 0 aliphatic heterocycles. The van der Waals surface area contributed by atoms with Crippen molar-refractivity contribution in [2.75, 3.05) is 0 Å². The zero-order valence-electron chi connectivity index (χ0n) is 5.82. The molecule has 11 heavy (non-hydrogen) atoms. The van der Waals surface area contributed by atoms with E-state index in [4.69, 9.17) is 16.8 Å². The second-order valence-corrected chi connectivity index (χ2v) is 2.23. The van der Waals surface area contributed by atoms with Gasteiger partial charge in [0.2, 0.25) is 5.28 Å². The Bertz CT molecular complexity index is 287. The van der Waals surface area contributed by atoms with E-state index in [0.29, 0.717) is 11.4 Å². The van der Waals surface area contributed by atoms with Gasteiger partial charge in [0.25, 0.3) is 0 Å². The molecule has 0 amide bonds. The molecule has 0 aromatic carbocycles. The number of rotatable bonds is 1. The average Bonchev–Trinajstić information content (AvgIpc) is 2.03. The fourth-order valence-corrected chi connectivity index (χ4v) is 0.735. The Morgan fingerprint density at radius 1 is 1.73 bits per heavy atom. The van der Waals surface area contributed by atoms with E-state index in [9.17, 15) is 0 Å². The lowest BCUT2D eigenvalue weighted by Crippen LogP contribution is -1.98. The van der Waals surface area contributed by atoms with Crippen LogP contribution < -0.4 is 0 Å². The Kier molecular flexibility index (Phi) is 2.38. The molecule has 0 saturated carbocycles. The lowest BCUT2D eigenvalue weighted by Gasteiger charge is -1.95. The first-order chi connectivity index (χ1) is 5.24. The summed E-state index contributed by atoms with van der Waals surface area (Å²) >= 11 is 5.49. The average molecular weight is 172 g/mol. The van der Waals surface area contributed by atoms with Crippen LogP contribution in [0.2, 0.25) is 5.28 Å². The van der Waals surface area contributed by atoms with Crippen molar-refractivity contribution in [1.29, 1.82) is 0 Å². The molecule has 1 rings (SSSR count). The van der Waals surface area contributed by atoms with Crippen LogP contribution >= 0.6 is 11.6 Å². The van der Waals surface area contributed by atoms with Crippen LogP contribution in [0.4, 0.5) is 0 Å². The predicted octanol–water partition coefficient (Wildman–Crippen LogP) is 1.33. The van der Waals surface area contributed by atoms with Crippen LogP contribution in [0, 0.1) is 0 Å². The quantitative estimate of drug-likeness (QED) is 0.300. The van der Waals surface area contributed by atoms with Gasteiger partial charge in [0, 0.05) is 6.20 Å². The minimum absolute atomic E-state index is 0.144. The maximum atomic E-state index is 8.36. The summed E-state index contributed by atoms with van der Waals surface area (Å²) < 4.78 is 0. The standard InChI is InChI=1S/C6H6ClN3O/c1-4(10-11)5-2-3-8-6(7)9-5/h2-3,11H,1H3. The Balaban J connectivity index is 3.06. The summed E-state index contributed by atoms with van der Waals surface area (Å²) in [4.78, 5) is 7.48. The Morgan fingerprint density at radius 2 is 2.45 bits per heavy atom. The first-order valence-corrected chi connectivity index (χ1v) is 3.29. The second-order valence-electron chi connectivity index (χ2n) is 1.90. The summed E-state index contributed by atoms with van der Waals surface area (Å²) in [5.41, 5.74) is 0.932. The minimum Gasteiger partial charge on any atom is -0.411 e. The summed E-state index contributed by atoms with van der Waals surface area (Å²) in [6, 6.07) is 1.61. The zero-order valence-corrected chi connectivity index (χ0v) is 6.58. The van der Waals surface area contributed by atoms with Gasteiger partial charge >= 0.3 is 0 Å². The first kappa shape index (κ1) is 7.94.